The number of fused-ring (bicyclic) bond motifs is 1. The van der Waals surface area contributed by atoms with Gasteiger partial charge in [0.05, 0.1) is 5.69 Å². The minimum Gasteiger partial charge on any atom is -0.377 e. The van der Waals surface area contributed by atoms with Crippen LogP contribution in [-0.4, -0.2) is 29.4 Å². The van der Waals surface area contributed by atoms with Gasteiger partial charge in [-0.3, -0.25) is 8.86 Å². The Morgan fingerprint density at radius 3 is 2.04 bits per heavy atom. The Hall–Kier alpha value is -2.37. The van der Waals surface area contributed by atoms with Gasteiger partial charge in [-0.15, -0.1) is 0 Å². The zero-order chi connectivity index (χ0) is 17.8. The van der Waals surface area contributed by atoms with Gasteiger partial charge in [0.1, 0.15) is 0 Å². The summed E-state index contributed by atoms with van der Waals surface area (Å²) in [5, 5.41) is 2.05. The predicted molar refractivity (Wildman–Crippen MR) is 107 cm³/mol. The number of hydrogen-bond acceptors (Lipinski definition) is 2. The third kappa shape index (κ3) is 3.83. The molecule has 3 aromatic rings. The number of hydrogen-bond donors (Lipinski definition) is 1. The zero-order valence-corrected chi connectivity index (χ0v) is 15.2. The molecule has 0 saturated heterocycles. The lowest BCUT2D eigenvalue weighted by atomic mass is 10.1. The van der Waals surface area contributed by atoms with Crippen LogP contribution in [0.2, 0.25) is 0 Å². The van der Waals surface area contributed by atoms with Gasteiger partial charge in [0.25, 0.3) is 11.3 Å². The maximum Gasteiger partial charge on any atom is 0.261 e. The number of nitrogens with zero attached hydrogens (tertiary/aromatic N) is 2. The van der Waals surface area contributed by atoms with Crippen LogP contribution in [0.4, 0.5) is 11.4 Å². The standard InChI is InChI=1S/C20H22N2O2S/c1-21(2)19-12-6-11-18-17(19)10-7-13-20(18)22(25(23)24)15-14-16-8-4-3-5-9-16/h3-13H,14-15H2,1-2H3,(H,23,24). The van der Waals surface area contributed by atoms with Crippen molar-refractivity contribution >= 4 is 33.4 Å². The van der Waals surface area contributed by atoms with Gasteiger partial charge in [-0.25, -0.2) is 4.21 Å². The Labute approximate surface area is 151 Å². The Morgan fingerprint density at radius 1 is 0.840 bits per heavy atom. The van der Waals surface area contributed by atoms with Gasteiger partial charge in [0, 0.05) is 37.1 Å². The van der Waals surface area contributed by atoms with Gasteiger partial charge < -0.3 is 4.90 Å². The highest BCUT2D eigenvalue weighted by molar-refractivity contribution is 7.80. The van der Waals surface area contributed by atoms with Gasteiger partial charge in [-0.05, 0) is 24.1 Å². The van der Waals surface area contributed by atoms with E-state index in [2.05, 4.69) is 11.0 Å². The summed E-state index contributed by atoms with van der Waals surface area (Å²) in [6, 6.07) is 21.9. The summed E-state index contributed by atoms with van der Waals surface area (Å²) in [6.07, 6.45) is 0.705. The van der Waals surface area contributed by atoms with E-state index in [9.17, 15) is 8.76 Å². The van der Waals surface area contributed by atoms with Gasteiger partial charge in [-0.1, -0.05) is 54.6 Å². The van der Waals surface area contributed by atoms with Gasteiger partial charge in [-0.2, -0.15) is 0 Å². The molecule has 1 N–H and O–H groups in total. The van der Waals surface area contributed by atoms with E-state index in [1.807, 2.05) is 74.8 Å². The first-order valence-corrected chi connectivity index (χ1v) is 9.26. The zero-order valence-electron chi connectivity index (χ0n) is 14.4. The Bertz CT molecular complexity index is 881. The second-order valence-electron chi connectivity index (χ2n) is 6.11. The van der Waals surface area contributed by atoms with Crippen molar-refractivity contribution in [2.45, 2.75) is 6.42 Å². The average molecular weight is 354 g/mol. The topological polar surface area (TPSA) is 43.8 Å². The molecule has 5 heteroatoms. The summed E-state index contributed by atoms with van der Waals surface area (Å²) in [5.74, 6) is 0. The molecule has 25 heavy (non-hydrogen) atoms. The average Bonchev–Trinajstić information content (AvgIpc) is 2.62. The molecule has 0 radical (unpaired) electrons. The predicted octanol–water partition coefficient (Wildman–Crippen LogP) is 4.09. The molecule has 0 amide bonds. The summed E-state index contributed by atoms with van der Waals surface area (Å²) in [6.45, 7) is 0.471. The lowest BCUT2D eigenvalue weighted by Gasteiger charge is -2.23. The molecule has 4 nitrogen and oxygen atoms in total. The fourth-order valence-electron chi connectivity index (χ4n) is 3.04. The van der Waals surface area contributed by atoms with Crippen molar-refractivity contribution < 1.29 is 8.76 Å². The molecule has 3 rings (SSSR count). The lowest BCUT2D eigenvalue weighted by Crippen LogP contribution is -2.27. The molecular weight excluding hydrogens is 332 g/mol. The molecule has 0 bridgehead atoms. The van der Waals surface area contributed by atoms with E-state index in [-0.39, 0.29) is 0 Å². The molecule has 0 saturated carbocycles. The van der Waals surface area contributed by atoms with Crippen LogP contribution in [0.5, 0.6) is 0 Å². The van der Waals surface area contributed by atoms with Crippen molar-refractivity contribution in [1.29, 1.82) is 0 Å². The van der Waals surface area contributed by atoms with Crippen molar-refractivity contribution in [3.63, 3.8) is 0 Å². The first kappa shape index (κ1) is 17.5. The highest BCUT2D eigenvalue weighted by atomic mass is 32.2. The minimum absolute atomic E-state index is 0.471. The molecule has 130 valence electrons. The fourth-order valence-corrected chi connectivity index (χ4v) is 3.62. The van der Waals surface area contributed by atoms with Crippen molar-refractivity contribution in [2.24, 2.45) is 0 Å². The second kappa shape index (κ2) is 7.68. The minimum atomic E-state index is -2.08. The van der Waals surface area contributed by atoms with Crippen molar-refractivity contribution in [3.05, 3.63) is 72.3 Å². The van der Waals surface area contributed by atoms with Crippen molar-refractivity contribution in [3.8, 4) is 0 Å². The van der Waals surface area contributed by atoms with Crippen molar-refractivity contribution in [2.75, 3.05) is 29.8 Å². The van der Waals surface area contributed by atoms with Crippen LogP contribution < -0.4 is 9.21 Å². The third-order valence-corrected chi connectivity index (χ3v) is 5.02. The quantitative estimate of drug-likeness (QED) is 0.678. The van der Waals surface area contributed by atoms with E-state index >= 15 is 0 Å². The van der Waals surface area contributed by atoms with Crippen LogP contribution in [-0.2, 0) is 17.7 Å². The maximum atomic E-state index is 12.0. The summed E-state index contributed by atoms with van der Waals surface area (Å²) in [4.78, 5) is 2.05. The molecular formula is C20H22N2O2S. The summed E-state index contributed by atoms with van der Waals surface area (Å²) in [7, 11) is 4.00. The SMILES string of the molecule is CN(C)c1cccc2c(N(CCc3ccccc3)S(=O)O)cccc12. The molecule has 0 fully saturated rings. The number of anilines is 2. The first-order valence-electron chi connectivity index (χ1n) is 8.19. The third-order valence-electron chi connectivity index (χ3n) is 4.26. The Morgan fingerprint density at radius 2 is 1.44 bits per heavy atom. The summed E-state index contributed by atoms with van der Waals surface area (Å²) >= 11 is -2.08. The molecule has 3 aromatic carbocycles. The molecule has 0 heterocycles. The Kier molecular flexibility index (Phi) is 5.36. The van der Waals surface area contributed by atoms with Gasteiger partial charge >= 0.3 is 0 Å². The summed E-state index contributed by atoms with van der Waals surface area (Å²) < 4.78 is 23.4. The first-order chi connectivity index (χ1) is 12.1. The van der Waals surface area contributed by atoms with Gasteiger partial charge in [0.15, 0.2) is 0 Å². The molecule has 1 unspecified atom stereocenters. The van der Waals surface area contributed by atoms with Crippen LogP contribution in [0, 0.1) is 0 Å². The van der Waals surface area contributed by atoms with Crippen LogP contribution >= 0.6 is 0 Å². The van der Waals surface area contributed by atoms with Gasteiger partial charge in [0.2, 0.25) is 0 Å². The number of rotatable bonds is 6. The second-order valence-corrected chi connectivity index (χ2v) is 7.01. The van der Waals surface area contributed by atoms with Crippen LogP contribution in [0.3, 0.4) is 0 Å². The van der Waals surface area contributed by atoms with E-state index in [4.69, 9.17) is 0 Å². The smallest absolute Gasteiger partial charge is 0.261 e. The molecule has 0 spiro atoms. The normalized spacial score (nSPS) is 12.1. The van der Waals surface area contributed by atoms with E-state index in [1.165, 1.54) is 0 Å². The Balaban J connectivity index is 1.99. The fraction of sp³-hybridized carbons (Fsp3) is 0.200. The van der Waals surface area contributed by atoms with E-state index in [0.29, 0.717) is 13.0 Å². The van der Waals surface area contributed by atoms with Crippen LogP contribution in [0.15, 0.2) is 66.7 Å². The van der Waals surface area contributed by atoms with E-state index in [0.717, 1.165) is 27.7 Å². The van der Waals surface area contributed by atoms with Crippen LogP contribution in [0.1, 0.15) is 5.56 Å². The summed E-state index contributed by atoms with van der Waals surface area (Å²) in [5.41, 5.74) is 3.01. The van der Waals surface area contributed by atoms with E-state index in [1.54, 1.807) is 4.31 Å². The molecule has 0 aliphatic carbocycles. The van der Waals surface area contributed by atoms with E-state index < -0.39 is 11.3 Å². The largest absolute Gasteiger partial charge is 0.377 e. The monoisotopic (exact) mass is 354 g/mol. The molecule has 0 aromatic heterocycles. The number of benzene rings is 3. The molecule has 1 atom stereocenters. The lowest BCUT2D eigenvalue weighted by molar-refractivity contribution is 0.559. The maximum absolute atomic E-state index is 12.0. The van der Waals surface area contributed by atoms with Crippen LogP contribution in [0.25, 0.3) is 10.8 Å². The molecule has 0 aliphatic heterocycles. The highest BCUT2D eigenvalue weighted by Gasteiger charge is 2.16. The highest BCUT2D eigenvalue weighted by Crippen LogP contribution is 2.33. The van der Waals surface area contributed by atoms with Crippen molar-refractivity contribution in [1.82, 2.24) is 0 Å². The molecule has 0 aliphatic rings.